The second-order valence-corrected chi connectivity index (χ2v) is 2.50. The first-order valence-electron chi connectivity index (χ1n) is 3.40. The summed E-state index contributed by atoms with van der Waals surface area (Å²) in [7, 11) is 1.39. The van der Waals surface area contributed by atoms with Gasteiger partial charge in [0.2, 0.25) is 0 Å². The maximum Gasteiger partial charge on any atom is 0.349 e. The van der Waals surface area contributed by atoms with Gasteiger partial charge in [0.05, 0.1) is 0 Å². The van der Waals surface area contributed by atoms with E-state index < -0.39 is 18.0 Å². The van der Waals surface area contributed by atoms with Crippen LogP contribution >= 0.6 is 0 Å². The Kier molecular flexibility index (Phi) is 1.30. The highest BCUT2D eigenvalue weighted by Gasteiger charge is 2.36. The predicted molar refractivity (Wildman–Crippen MR) is 41.6 cm³/mol. The number of aliphatic imine (C=N–C) groups is 2. The number of hydrogen-bond acceptors (Lipinski definition) is 3. The molecule has 5 amide bonds. The van der Waals surface area contributed by atoms with Gasteiger partial charge in [-0.15, -0.1) is 0 Å². The number of nitrogens with zero attached hydrogens (tertiary/aromatic N) is 3. The van der Waals surface area contributed by atoms with Gasteiger partial charge >= 0.3 is 12.1 Å². The largest absolute Gasteiger partial charge is 0.349 e. The van der Waals surface area contributed by atoms with E-state index in [4.69, 9.17) is 0 Å². The van der Waals surface area contributed by atoms with E-state index in [-0.39, 0.29) is 11.5 Å². The molecule has 0 unspecified atom stereocenters. The molecule has 2 heterocycles. The van der Waals surface area contributed by atoms with Crippen molar-refractivity contribution in [2.45, 2.75) is 0 Å². The van der Waals surface area contributed by atoms with Crippen molar-refractivity contribution in [2.24, 2.45) is 9.98 Å². The predicted octanol–water partition coefficient (Wildman–Crippen LogP) is -0.859. The maximum absolute atomic E-state index is 11.1. The SMILES string of the molecule is CN1C(=O)N=C2C(=O)NC(=O)N=C21. The van der Waals surface area contributed by atoms with Gasteiger partial charge in [-0.05, 0) is 0 Å². The Morgan fingerprint density at radius 3 is 2.62 bits per heavy atom. The Bertz CT molecular complexity index is 395. The Balaban J connectivity index is 2.55. The van der Waals surface area contributed by atoms with E-state index in [0.29, 0.717) is 0 Å². The summed E-state index contributed by atoms with van der Waals surface area (Å²) in [6.07, 6.45) is 0. The van der Waals surface area contributed by atoms with Gasteiger partial charge in [-0.25, -0.2) is 9.59 Å². The van der Waals surface area contributed by atoms with Crippen LogP contribution in [0.15, 0.2) is 9.98 Å². The number of nitrogens with one attached hydrogen (secondary N) is 1. The van der Waals surface area contributed by atoms with Gasteiger partial charge in [-0.1, -0.05) is 0 Å². The van der Waals surface area contributed by atoms with E-state index in [1.807, 2.05) is 5.32 Å². The van der Waals surface area contributed by atoms with Gasteiger partial charge in [0.1, 0.15) is 0 Å². The van der Waals surface area contributed by atoms with E-state index in [1.54, 1.807) is 0 Å². The zero-order valence-electron chi connectivity index (χ0n) is 6.57. The molecule has 0 aliphatic carbocycles. The molecule has 13 heavy (non-hydrogen) atoms. The summed E-state index contributed by atoms with van der Waals surface area (Å²) < 4.78 is 0. The van der Waals surface area contributed by atoms with E-state index in [9.17, 15) is 14.4 Å². The van der Waals surface area contributed by atoms with Crippen LogP contribution in [0, 0.1) is 0 Å². The Hall–Kier alpha value is -2.05. The number of carbonyl (C=O) groups excluding carboxylic acids is 3. The summed E-state index contributed by atoms with van der Waals surface area (Å²) in [6, 6.07) is -1.38. The summed E-state index contributed by atoms with van der Waals surface area (Å²) in [5, 5.41) is 1.92. The summed E-state index contributed by atoms with van der Waals surface area (Å²) in [5.74, 6) is -0.675. The molecule has 0 spiro atoms. The van der Waals surface area contributed by atoms with Crippen LogP contribution in [0.4, 0.5) is 9.59 Å². The lowest BCUT2D eigenvalue weighted by Gasteiger charge is -2.12. The van der Waals surface area contributed by atoms with Crippen molar-refractivity contribution in [3.8, 4) is 0 Å². The van der Waals surface area contributed by atoms with E-state index in [2.05, 4.69) is 9.98 Å². The number of rotatable bonds is 0. The normalized spacial score (nSPS) is 21.0. The number of hydrogen-bond donors (Lipinski definition) is 1. The average molecular weight is 180 g/mol. The number of imide groups is 1. The maximum atomic E-state index is 11.1. The minimum atomic E-state index is -0.777. The van der Waals surface area contributed by atoms with Gasteiger partial charge in [-0.2, -0.15) is 9.98 Å². The molecule has 2 aliphatic rings. The minimum Gasteiger partial charge on any atom is -0.278 e. The van der Waals surface area contributed by atoms with Gasteiger partial charge in [-0.3, -0.25) is 15.0 Å². The lowest BCUT2D eigenvalue weighted by atomic mass is 10.3. The summed E-state index contributed by atoms with van der Waals surface area (Å²) in [5.41, 5.74) is -0.105. The third-order valence-electron chi connectivity index (χ3n) is 1.67. The summed E-state index contributed by atoms with van der Waals surface area (Å²) in [4.78, 5) is 40.7. The highest BCUT2D eigenvalue weighted by atomic mass is 16.2. The van der Waals surface area contributed by atoms with E-state index in [0.717, 1.165) is 4.90 Å². The molecule has 0 radical (unpaired) electrons. The van der Waals surface area contributed by atoms with Crippen molar-refractivity contribution in [1.29, 1.82) is 0 Å². The van der Waals surface area contributed by atoms with E-state index >= 15 is 0 Å². The zero-order chi connectivity index (χ0) is 9.59. The topological polar surface area (TPSA) is 91.2 Å². The number of fused-ring (bicyclic) bond motifs is 1. The number of amides is 5. The van der Waals surface area contributed by atoms with Crippen LogP contribution in [-0.4, -0.2) is 41.5 Å². The zero-order valence-corrected chi connectivity index (χ0v) is 6.57. The molecule has 66 valence electrons. The lowest BCUT2D eigenvalue weighted by Crippen LogP contribution is -2.45. The molecular formula is C6H4N4O3. The third-order valence-corrected chi connectivity index (χ3v) is 1.67. The molecular weight excluding hydrogens is 176 g/mol. The monoisotopic (exact) mass is 180 g/mol. The van der Waals surface area contributed by atoms with Crippen molar-refractivity contribution < 1.29 is 14.4 Å². The van der Waals surface area contributed by atoms with Gasteiger partial charge < -0.3 is 0 Å². The molecule has 7 heteroatoms. The minimum absolute atomic E-state index is 0.0127. The summed E-state index contributed by atoms with van der Waals surface area (Å²) in [6.45, 7) is 0. The molecule has 2 aliphatic heterocycles. The second-order valence-electron chi connectivity index (χ2n) is 2.50. The molecule has 0 aromatic rings. The molecule has 1 N–H and O–H groups in total. The Morgan fingerprint density at radius 1 is 1.23 bits per heavy atom. The molecule has 0 atom stereocenters. The standard InChI is InChI=1S/C6H4N4O3/c1-10-3-2(7-6(10)13)4(11)9-5(12)8-3/h1H3,(H,9,11,12). The highest BCUT2D eigenvalue weighted by molar-refractivity contribution is 6.72. The first-order chi connectivity index (χ1) is 6.09. The van der Waals surface area contributed by atoms with Crippen molar-refractivity contribution in [1.82, 2.24) is 10.2 Å². The van der Waals surface area contributed by atoms with Gasteiger partial charge in [0.15, 0.2) is 11.5 Å². The Morgan fingerprint density at radius 2 is 1.92 bits per heavy atom. The van der Waals surface area contributed by atoms with Crippen LogP contribution in [0.1, 0.15) is 0 Å². The highest BCUT2D eigenvalue weighted by Crippen LogP contribution is 2.08. The fraction of sp³-hybridized carbons (Fsp3) is 0.167. The van der Waals surface area contributed by atoms with Crippen LogP contribution in [0.5, 0.6) is 0 Å². The third kappa shape index (κ3) is 0.934. The molecule has 0 saturated carbocycles. The van der Waals surface area contributed by atoms with Crippen LogP contribution in [0.25, 0.3) is 0 Å². The summed E-state index contributed by atoms with van der Waals surface area (Å²) >= 11 is 0. The molecule has 0 bridgehead atoms. The first kappa shape index (κ1) is 7.59. The molecule has 2 rings (SSSR count). The molecule has 0 saturated heterocycles. The smallest absolute Gasteiger partial charge is 0.278 e. The Labute approximate surface area is 72.1 Å². The fourth-order valence-electron chi connectivity index (χ4n) is 1.03. The molecule has 0 aromatic carbocycles. The van der Waals surface area contributed by atoms with Crippen LogP contribution in [-0.2, 0) is 4.79 Å². The van der Waals surface area contributed by atoms with Crippen molar-refractivity contribution in [2.75, 3.05) is 7.05 Å². The van der Waals surface area contributed by atoms with Crippen molar-refractivity contribution in [3.05, 3.63) is 0 Å². The molecule has 0 fully saturated rings. The van der Waals surface area contributed by atoms with Crippen LogP contribution in [0.3, 0.4) is 0 Å². The van der Waals surface area contributed by atoms with E-state index in [1.165, 1.54) is 7.05 Å². The molecule has 0 aromatic heterocycles. The second kappa shape index (κ2) is 2.22. The number of urea groups is 2. The van der Waals surface area contributed by atoms with Gasteiger partial charge in [0, 0.05) is 7.05 Å². The quantitative estimate of drug-likeness (QED) is 0.525. The first-order valence-corrected chi connectivity index (χ1v) is 3.40. The van der Waals surface area contributed by atoms with Gasteiger partial charge in [0.25, 0.3) is 5.91 Å². The number of carbonyl (C=O) groups is 3. The van der Waals surface area contributed by atoms with Crippen molar-refractivity contribution in [3.63, 3.8) is 0 Å². The van der Waals surface area contributed by atoms with Crippen LogP contribution in [0.2, 0.25) is 0 Å². The van der Waals surface area contributed by atoms with Crippen molar-refractivity contribution >= 4 is 29.5 Å². The number of amidine groups is 1. The lowest BCUT2D eigenvalue weighted by molar-refractivity contribution is -0.113. The van der Waals surface area contributed by atoms with Crippen LogP contribution < -0.4 is 5.32 Å². The average Bonchev–Trinajstić information content (AvgIpc) is 2.32. The fourth-order valence-corrected chi connectivity index (χ4v) is 1.03. The molecule has 7 nitrogen and oxygen atoms in total.